The van der Waals surface area contributed by atoms with Crippen molar-refractivity contribution in [3.05, 3.63) is 47.6 Å². The maximum Gasteiger partial charge on any atom is 0.142 e. The Morgan fingerprint density at radius 2 is 1.94 bits per heavy atom. The van der Waals surface area contributed by atoms with Gasteiger partial charge in [-0.15, -0.1) is 11.3 Å². The molecule has 0 aliphatic rings. The molecule has 0 aliphatic carbocycles. The Kier molecular flexibility index (Phi) is 2.18. The lowest BCUT2D eigenvalue weighted by Crippen LogP contribution is -1.83. The van der Waals surface area contributed by atoms with E-state index in [-0.39, 0.29) is 0 Å². The summed E-state index contributed by atoms with van der Waals surface area (Å²) in [7, 11) is 0. The summed E-state index contributed by atoms with van der Waals surface area (Å²) < 4.78 is 0. The highest BCUT2D eigenvalue weighted by molar-refractivity contribution is 7.13. The standard InChI is InChI=1S/C13H10N2S/c1-9-8-16-13(15-9)12-6-10-4-2-3-5-11(10)7-14-12/h2-8H,1H3. The molecule has 3 heteroatoms. The van der Waals surface area contributed by atoms with Crippen molar-refractivity contribution in [2.75, 3.05) is 0 Å². The minimum atomic E-state index is 0.955. The average molecular weight is 226 g/mol. The summed E-state index contributed by atoms with van der Waals surface area (Å²) in [6.45, 7) is 2.00. The van der Waals surface area contributed by atoms with E-state index in [0.29, 0.717) is 0 Å². The van der Waals surface area contributed by atoms with Crippen LogP contribution in [0.15, 0.2) is 41.9 Å². The molecule has 0 saturated carbocycles. The van der Waals surface area contributed by atoms with Gasteiger partial charge in [-0.25, -0.2) is 4.98 Å². The van der Waals surface area contributed by atoms with Gasteiger partial charge in [-0.2, -0.15) is 0 Å². The number of nitrogens with zero attached hydrogens (tertiary/aromatic N) is 2. The van der Waals surface area contributed by atoms with Crippen molar-refractivity contribution in [2.24, 2.45) is 0 Å². The number of benzene rings is 1. The minimum Gasteiger partial charge on any atom is -0.253 e. The van der Waals surface area contributed by atoms with Crippen molar-refractivity contribution in [3.8, 4) is 10.7 Å². The third kappa shape index (κ3) is 1.59. The summed E-state index contributed by atoms with van der Waals surface area (Å²) in [4.78, 5) is 8.88. The van der Waals surface area contributed by atoms with Crippen LogP contribution in [0.4, 0.5) is 0 Å². The van der Waals surface area contributed by atoms with Crippen LogP contribution in [0.3, 0.4) is 0 Å². The van der Waals surface area contributed by atoms with Crippen LogP contribution in [-0.2, 0) is 0 Å². The molecule has 0 radical (unpaired) electrons. The van der Waals surface area contributed by atoms with Crippen LogP contribution in [0.1, 0.15) is 5.69 Å². The molecule has 2 aromatic heterocycles. The van der Waals surface area contributed by atoms with Gasteiger partial charge in [0.2, 0.25) is 0 Å². The number of aryl methyl sites for hydroxylation is 1. The smallest absolute Gasteiger partial charge is 0.142 e. The van der Waals surface area contributed by atoms with E-state index in [1.165, 1.54) is 10.8 Å². The Bertz CT molecular complexity index is 643. The van der Waals surface area contributed by atoms with Crippen molar-refractivity contribution in [1.82, 2.24) is 9.97 Å². The van der Waals surface area contributed by atoms with Crippen molar-refractivity contribution in [3.63, 3.8) is 0 Å². The van der Waals surface area contributed by atoms with Gasteiger partial charge in [-0.05, 0) is 18.4 Å². The maximum absolute atomic E-state index is 4.44. The number of hydrogen-bond acceptors (Lipinski definition) is 3. The molecule has 2 heterocycles. The molecule has 3 rings (SSSR count). The van der Waals surface area contributed by atoms with E-state index in [9.17, 15) is 0 Å². The molecule has 3 aromatic rings. The van der Waals surface area contributed by atoms with Gasteiger partial charge >= 0.3 is 0 Å². The van der Waals surface area contributed by atoms with Crippen LogP contribution in [-0.4, -0.2) is 9.97 Å². The summed E-state index contributed by atoms with van der Waals surface area (Å²) in [6, 6.07) is 10.3. The van der Waals surface area contributed by atoms with Gasteiger partial charge in [0, 0.05) is 22.7 Å². The first kappa shape index (κ1) is 9.48. The molecule has 16 heavy (non-hydrogen) atoms. The van der Waals surface area contributed by atoms with E-state index in [4.69, 9.17) is 0 Å². The van der Waals surface area contributed by atoms with Crippen molar-refractivity contribution >= 4 is 22.1 Å². The van der Waals surface area contributed by atoms with Gasteiger partial charge in [-0.1, -0.05) is 24.3 Å². The van der Waals surface area contributed by atoms with Gasteiger partial charge in [0.25, 0.3) is 0 Å². The first-order valence-electron chi connectivity index (χ1n) is 5.10. The predicted octanol–water partition coefficient (Wildman–Crippen LogP) is 3.67. The quantitative estimate of drug-likeness (QED) is 0.632. The van der Waals surface area contributed by atoms with Crippen molar-refractivity contribution in [2.45, 2.75) is 6.92 Å². The highest BCUT2D eigenvalue weighted by atomic mass is 32.1. The molecule has 0 amide bonds. The fraction of sp³-hybridized carbons (Fsp3) is 0.0769. The molecular formula is C13H10N2S. The van der Waals surface area contributed by atoms with E-state index < -0.39 is 0 Å². The van der Waals surface area contributed by atoms with Crippen LogP contribution in [0.25, 0.3) is 21.5 Å². The molecule has 0 bridgehead atoms. The molecule has 0 aliphatic heterocycles. The molecule has 0 spiro atoms. The van der Waals surface area contributed by atoms with E-state index in [0.717, 1.165) is 16.4 Å². The van der Waals surface area contributed by atoms with Gasteiger partial charge in [-0.3, -0.25) is 4.98 Å². The summed E-state index contributed by atoms with van der Waals surface area (Å²) in [5.74, 6) is 0. The number of fused-ring (bicyclic) bond motifs is 1. The highest BCUT2D eigenvalue weighted by Crippen LogP contribution is 2.24. The molecule has 0 N–H and O–H groups in total. The summed E-state index contributed by atoms with van der Waals surface area (Å²) in [5.41, 5.74) is 2.01. The lowest BCUT2D eigenvalue weighted by atomic mass is 10.1. The molecule has 2 nitrogen and oxygen atoms in total. The lowest BCUT2D eigenvalue weighted by Gasteiger charge is -1.99. The molecule has 0 unspecified atom stereocenters. The third-order valence-electron chi connectivity index (χ3n) is 2.47. The van der Waals surface area contributed by atoms with E-state index in [2.05, 4.69) is 28.2 Å². The number of rotatable bonds is 1. The van der Waals surface area contributed by atoms with Crippen molar-refractivity contribution < 1.29 is 0 Å². The van der Waals surface area contributed by atoms with Gasteiger partial charge in [0.15, 0.2) is 0 Å². The van der Waals surface area contributed by atoms with Crippen LogP contribution in [0.5, 0.6) is 0 Å². The fourth-order valence-corrected chi connectivity index (χ4v) is 2.44. The zero-order valence-electron chi connectivity index (χ0n) is 8.84. The topological polar surface area (TPSA) is 25.8 Å². The molecule has 0 atom stereocenters. The van der Waals surface area contributed by atoms with E-state index in [1.807, 2.05) is 30.6 Å². The number of hydrogen-bond donors (Lipinski definition) is 0. The van der Waals surface area contributed by atoms with E-state index >= 15 is 0 Å². The Labute approximate surface area is 97.6 Å². The van der Waals surface area contributed by atoms with Crippen molar-refractivity contribution in [1.29, 1.82) is 0 Å². The summed E-state index contributed by atoms with van der Waals surface area (Å²) in [6.07, 6.45) is 1.90. The second kappa shape index (κ2) is 3.68. The first-order chi connectivity index (χ1) is 7.83. The molecule has 1 aromatic carbocycles. The molecule has 0 saturated heterocycles. The Hall–Kier alpha value is -1.74. The number of pyridine rings is 1. The maximum atomic E-state index is 4.44. The Morgan fingerprint density at radius 1 is 1.12 bits per heavy atom. The van der Waals surface area contributed by atoms with Crippen LogP contribution < -0.4 is 0 Å². The predicted molar refractivity (Wildman–Crippen MR) is 67.6 cm³/mol. The molecular weight excluding hydrogens is 216 g/mol. The molecule has 78 valence electrons. The second-order valence-electron chi connectivity index (χ2n) is 3.71. The van der Waals surface area contributed by atoms with Gasteiger partial charge in [0.05, 0.1) is 5.69 Å². The van der Waals surface area contributed by atoms with Crippen LogP contribution in [0.2, 0.25) is 0 Å². The second-order valence-corrected chi connectivity index (χ2v) is 4.57. The minimum absolute atomic E-state index is 0.955. The monoisotopic (exact) mass is 226 g/mol. The zero-order chi connectivity index (χ0) is 11.0. The SMILES string of the molecule is Cc1csc(-c2cc3ccccc3cn2)n1. The van der Waals surface area contributed by atoms with Crippen LogP contribution in [0, 0.1) is 6.92 Å². The van der Waals surface area contributed by atoms with E-state index in [1.54, 1.807) is 11.3 Å². The lowest BCUT2D eigenvalue weighted by molar-refractivity contribution is 1.24. The average Bonchev–Trinajstić information content (AvgIpc) is 2.75. The largest absolute Gasteiger partial charge is 0.253 e. The third-order valence-corrected chi connectivity index (χ3v) is 3.45. The van der Waals surface area contributed by atoms with Crippen LogP contribution >= 0.6 is 11.3 Å². The van der Waals surface area contributed by atoms with Gasteiger partial charge in [0.1, 0.15) is 5.01 Å². The summed E-state index contributed by atoms with van der Waals surface area (Å²) >= 11 is 1.64. The molecule has 0 fully saturated rings. The Morgan fingerprint density at radius 3 is 2.69 bits per heavy atom. The zero-order valence-corrected chi connectivity index (χ0v) is 9.66. The van der Waals surface area contributed by atoms with Gasteiger partial charge < -0.3 is 0 Å². The number of thiazole rings is 1. The highest BCUT2D eigenvalue weighted by Gasteiger charge is 2.04. The fourth-order valence-electron chi connectivity index (χ4n) is 1.67. The normalized spacial score (nSPS) is 10.8. The summed E-state index contributed by atoms with van der Waals surface area (Å²) in [5, 5.41) is 5.41. The Balaban J connectivity index is 2.18. The first-order valence-corrected chi connectivity index (χ1v) is 5.98. The number of aromatic nitrogens is 2.